The summed E-state index contributed by atoms with van der Waals surface area (Å²) in [6.45, 7) is 2.90. The second-order valence-corrected chi connectivity index (χ2v) is 3.54. The van der Waals surface area contributed by atoms with E-state index in [1.165, 1.54) is 0 Å². The molecule has 0 saturated carbocycles. The smallest absolute Gasteiger partial charge is 0.238 e. The van der Waals surface area contributed by atoms with Gasteiger partial charge in [0.2, 0.25) is 5.91 Å². The summed E-state index contributed by atoms with van der Waals surface area (Å²) in [6, 6.07) is 6.75. The molecule has 16 heavy (non-hydrogen) atoms. The molecular formula is C11H12ClN3O. The second-order valence-electron chi connectivity index (χ2n) is 3.13. The van der Waals surface area contributed by atoms with E-state index in [-0.39, 0.29) is 12.5 Å². The van der Waals surface area contributed by atoms with Gasteiger partial charge in [-0.1, -0.05) is 18.5 Å². The number of nitrogens with one attached hydrogen (secondary N) is 2. The van der Waals surface area contributed by atoms with Gasteiger partial charge in [-0.25, -0.2) is 0 Å². The van der Waals surface area contributed by atoms with Crippen LogP contribution in [0, 0.1) is 11.3 Å². The van der Waals surface area contributed by atoms with Crippen LogP contribution >= 0.6 is 11.6 Å². The molecule has 0 aliphatic rings. The van der Waals surface area contributed by atoms with Crippen LogP contribution in [-0.2, 0) is 4.79 Å². The normalized spacial score (nSPS) is 9.56. The molecule has 1 aromatic rings. The molecule has 4 nitrogen and oxygen atoms in total. The molecule has 0 saturated heterocycles. The molecule has 0 heterocycles. The van der Waals surface area contributed by atoms with Crippen LogP contribution in [0.1, 0.15) is 12.5 Å². The molecule has 1 amide bonds. The van der Waals surface area contributed by atoms with Gasteiger partial charge in [-0.2, -0.15) is 5.26 Å². The molecule has 1 aromatic carbocycles. The SMILES string of the molecule is CCNCC(=O)Nc1ccc(Cl)c(C#N)c1. The maximum absolute atomic E-state index is 11.4. The number of carbonyl (C=O) groups excluding carboxylic acids is 1. The third-order valence-corrected chi connectivity index (χ3v) is 2.24. The maximum Gasteiger partial charge on any atom is 0.238 e. The Labute approximate surface area is 99.2 Å². The van der Waals surface area contributed by atoms with Gasteiger partial charge in [-0.15, -0.1) is 0 Å². The lowest BCUT2D eigenvalue weighted by Crippen LogP contribution is -2.27. The monoisotopic (exact) mass is 237 g/mol. The van der Waals surface area contributed by atoms with Crippen LogP contribution < -0.4 is 10.6 Å². The number of nitriles is 1. The van der Waals surface area contributed by atoms with Crippen LogP contribution in [0.2, 0.25) is 5.02 Å². The van der Waals surface area contributed by atoms with Crippen LogP contribution in [0.3, 0.4) is 0 Å². The molecular weight excluding hydrogens is 226 g/mol. The van der Waals surface area contributed by atoms with Crippen molar-refractivity contribution in [1.29, 1.82) is 5.26 Å². The highest BCUT2D eigenvalue weighted by Gasteiger charge is 2.04. The summed E-state index contributed by atoms with van der Waals surface area (Å²) in [5, 5.41) is 14.7. The summed E-state index contributed by atoms with van der Waals surface area (Å²) in [5.74, 6) is -0.145. The van der Waals surface area contributed by atoms with Crippen molar-refractivity contribution in [2.75, 3.05) is 18.4 Å². The minimum atomic E-state index is -0.145. The van der Waals surface area contributed by atoms with E-state index in [2.05, 4.69) is 10.6 Å². The van der Waals surface area contributed by atoms with E-state index in [1.807, 2.05) is 13.0 Å². The fourth-order valence-corrected chi connectivity index (χ4v) is 1.29. The van der Waals surface area contributed by atoms with Crippen molar-refractivity contribution in [3.8, 4) is 6.07 Å². The number of carbonyl (C=O) groups is 1. The number of likely N-dealkylation sites (N-methyl/N-ethyl adjacent to an activating group) is 1. The first kappa shape index (κ1) is 12.5. The molecule has 0 spiro atoms. The topological polar surface area (TPSA) is 64.9 Å². The van der Waals surface area contributed by atoms with Gasteiger partial charge in [0.05, 0.1) is 17.1 Å². The molecule has 5 heteroatoms. The van der Waals surface area contributed by atoms with E-state index >= 15 is 0 Å². The third kappa shape index (κ3) is 3.54. The molecule has 2 N–H and O–H groups in total. The Hall–Kier alpha value is -1.57. The lowest BCUT2D eigenvalue weighted by atomic mass is 10.2. The van der Waals surface area contributed by atoms with Crippen molar-refractivity contribution >= 4 is 23.2 Å². The van der Waals surface area contributed by atoms with E-state index in [4.69, 9.17) is 16.9 Å². The van der Waals surface area contributed by atoms with Crippen LogP contribution in [0.5, 0.6) is 0 Å². The summed E-state index contributed by atoms with van der Waals surface area (Å²) in [4.78, 5) is 11.4. The summed E-state index contributed by atoms with van der Waals surface area (Å²) >= 11 is 5.77. The van der Waals surface area contributed by atoms with Crippen molar-refractivity contribution in [1.82, 2.24) is 5.32 Å². The minimum Gasteiger partial charge on any atom is -0.325 e. The van der Waals surface area contributed by atoms with E-state index in [0.29, 0.717) is 16.3 Å². The van der Waals surface area contributed by atoms with E-state index in [1.54, 1.807) is 18.2 Å². The molecule has 84 valence electrons. The molecule has 0 unspecified atom stereocenters. The zero-order valence-electron chi connectivity index (χ0n) is 8.88. The van der Waals surface area contributed by atoms with Gasteiger partial charge in [0.1, 0.15) is 6.07 Å². The number of halogens is 1. The molecule has 0 fully saturated rings. The first-order valence-electron chi connectivity index (χ1n) is 4.87. The Bertz CT molecular complexity index is 426. The number of anilines is 1. The van der Waals surface area contributed by atoms with Crippen LogP contribution in [0.4, 0.5) is 5.69 Å². The first-order chi connectivity index (χ1) is 7.67. The van der Waals surface area contributed by atoms with Crippen molar-refractivity contribution in [3.63, 3.8) is 0 Å². The Morgan fingerprint density at radius 2 is 2.31 bits per heavy atom. The molecule has 0 radical (unpaired) electrons. The van der Waals surface area contributed by atoms with Crippen LogP contribution in [0.15, 0.2) is 18.2 Å². The minimum absolute atomic E-state index is 0.145. The maximum atomic E-state index is 11.4. The fourth-order valence-electron chi connectivity index (χ4n) is 1.13. The van der Waals surface area contributed by atoms with Crippen LogP contribution in [-0.4, -0.2) is 19.0 Å². The summed E-state index contributed by atoms with van der Waals surface area (Å²) < 4.78 is 0. The Balaban J connectivity index is 2.68. The van der Waals surface area contributed by atoms with Crippen LogP contribution in [0.25, 0.3) is 0 Å². The predicted octanol–water partition coefficient (Wildman–Crippen LogP) is 1.76. The van der Waals surface area contributed by atoms with Crippen molar-refractivity contribution < 1.29 is 4.79 Å². The van der Waals surface area contributed by atoms with Gasteiger partial charge < -0.3 is 10.6 Å². The molecule has 0 bridgehead atoms. The highest BCUT2D eigenvalue weighted by atomic mass is 35.5. The van der Waals surface area contributed by atoms with Gasteiger partial charge in [0.15, 0.2) is 0 Å². The van der Waals surface area contributed by atoms with E-state index in [9.17, 15) is 4.79 Å². The highest BCUT2D eigenvalue weighted by molar-refractivity contribution is 6.31. The number of nitrogens with zero attached hydrogens (tertiary/aromatic N) is 1. The van der Waals surface area contributed by atoms with Gasteiger partial charge >= 0.3 is 0 Å². The third-order valence-electron chi connectivity index (χ3n) is 1.91. The van der Waals surface area contributed by atoms with Gasteiger partial charge in [0.25, 0.3) is 0 Å². The zero-order valence-corrected chi connectivity index (χ0v) is 9.64. The Morgan fingerprint density at radius 3 is 2.94 bits per heavy atom. The number of rotatable bonds is 4. The van der Waals surface area contributed by atoms with E-state index in [0.717, 1.165) is 6.54 Å². The van der Waals surface area contributed by atoms with Gasteiger partial charge in [0, 0.05) is 5.69 Å². The standard InChI is InChI=1S/C11H12ClN3O/c1-2-14-7-11(16)15-9-3-4-10(12)8(5-9)6-13/h3-5,14H,2,7H2,1H3,(H,15,16). The number of benzene rings is 1. The summed E-state index contributed by atoms with van der Waals surface area (Å²) in [6.07, 6.45) is 0. The molecule has 0 aliphatic carbocycles. The van der Waals surface area contributed by atoms with Gasteiger partial charge in [-0.05, 0) is 24.7 Å². The lowest BCUT2D eigenvalue weighted by Gasteiger charge is -2.06. The number of amides is 1. The number of hydrogen-bond donors (Lipinski definition) is 2. The summed E-state index contributed by atoms with van der Waals surface area (Å²) in [5.41, 5.74) is 0.923. The lowest BCUT2D eigenvalue weighted by molar-refractivity contribution is -0.115. The van der Waals surface area contributed by atoms with Crippen molar-refractivity contribution in [2.24, 2.45) is 0 Å². The highest BCUT2D eigenvalue weighted by Crippen LogP contribution is 2.19. The van der Waals surface area contributed by atoms with Gasteiger partial charge in [-0.3, -0.25) is 4.79 Å². The predicted molar refractivity (Wildman–Crippen MR) is 63.3 cm³/mol. The average molecular weight is 238 g/mol. The van der Waals surface area contributed by atoms with Crippen molar-refractivity contribution in [3.05, 3.63) is 28.8 Å². The zero-order chi connectivity index (χ0) is 12.0. The fraction of sp³-hybridized carbons (Fsp3) is 0.273. The van der Waals surface area contributed by atoms with E-state index < -0.39 is 0 Å². The largest absolute Gasteiger partial charge is 0.325 e. The quantitative estimate of drug-likeness (QED) is 0.839. The molecule has 0 aromatic heterocycles. The Kier molecular flexibility index (Phi) is 4.77. The molecule has 0 atom stereocenters. The first-order valence-corrected chi connectivity index (χ1v) is 5.25. The molecule has 0 aliphatic heterocycles. The molecule has 1 rings (SSSR count). The summed E-state index contributed by atoms with van der Waals surface area (Å²) in [7, 11) is 0. The second kappa shape index (κ2) is 6.11. The Morgan fingerprint density at radius 1 is 1.56 bits per heavy atom. The average Bonchev–Trinajstić information content (AvgIpc) is 2.29. The van der Waals surface area contributed by atoms with Crippen molar-refractivity contribution in [2.45, 2.75) is 6.92 Å². The number of hydrogen-bond acceptors (Lipinski definition) is 3.